The van der Waals surface area contributed by atoms with Gasteiger partial charge in [-0.15, -0.1) is 9.13 Å². The lowest BCUT2D eigenvalue weighted by Gasteiger charge is -2.31. The van der Waals surface area contributed by atoms with E-state index in [0.29, 0.717) is 4.59 Å². The number of quaternary nitrogens is 1. The Balaban J connectivity index is 1.25. The molecule has 8 aromatic carbocycles. The summed E-state index contributed by atoms with van der Waals surface area (Å²) in [6.45, 7) is 28.3. The molecule has 368 valence electrons. The quantitative estimate of drug-likeness (QED) is 0.124. The van der Waals surface area contributed by atoms with Crippen LogP contribution in [0.15, 0.2) is 182 Å². The van der Waals surface area contributed by atoms with Crippen LogP contribution >= 0.6 is 0 Å². The Bertz CT molecular complexity index is 4120. The predicted molar refractivity (Wildman–Crippen MR) is 312 cm³/mol. The van der Waals surface area contributed by atoms with Crippen molar-refractivity contribution >= 4 is 50.2 Å². The van der Waals surface area contributed by atoms with Crippen molar-refractivity contribution in [2.75, 3.05) is 0 Å². The van der Waals surface area contributed by atoms with Crippen molar-refractivity contribution in [3.8, 4) is 61.7 Å². The Morgan fingerprint density at radius 1 is 0.387 bits per heavy atom. The van der Waals surface area contributed by atoms with Crippen molar-refractivity contribution in [1.29, 1.82) is 0 Å². The third-order valence-electron chi connectivity index (χ3n) is 16.9. The second kappa shape index (κ2) is 15.1. The molecular weight excluding hydrogens is 911 g/mol. The van der Waals surface area contributed by atoms with Crippen molar-refractivity contribution in [2.24, 2.45) is 0 Å². The molecule has 0 amide bonds. The summed E-state index contributed by atoms with van der Waals surface area (Å²) >= 11 is 0. The lowest BCUT2D eigenvalue weighted by atomic mass is 9.77. The van der Waals surface area contributed by atoms with Gasteiger partial charge in [-0.2, -0.15) is 4.57 Å². The van der Waals surface area contributed by atoms with Crippen LogP contribution < -0.4 is 13.8 Å². The smallest absolute Gasteiger partial charge is 0.181 e. The Labute approximate surface area is 441 Å². The van der Waals surface area contributed by atoms with E-state index in [0.717, 1.165) is 22.8 Å². The van der Waals surface area contributed by atoms with Gasteiger partial charge in [-0.1, -0.05) is 198 Å². The molecule has 1 unspecified atom stereocenters. The highest BCUT2D eigenvalue weighted by Crippen LogP contribution is 2.63. The Morgan fingerprint density at radius 3 is 1.48 bits per heavy atom. The summed E-state index contributed by atoms with van der Waals surface area (Å²) < 4.78 is 10.8. The summed E-state index contributed by atoms with van der Waals surface area (Å²) in [7, 11) is 0. The maximum absolute atomic E-state index is 2.71. The van der Waals surface area contributed by atoms with Crippen LogP contribution in [-0.2, 0) is 21.7 Å². The summed E-state index contributed by atoms with van der Waals surface area (Å²) in [5, 5.41) is 2.50. The van der Waals surface area contributed by atoms with Gasteiger partial charge in [0.1, 0.15) is 5.52 Å². The van der Waals surface area contributed by atoms with Gasteiger partial charge in [-0.05, 0) is 125 Å². The fraction of sp³-hybridized carbons (Fsp3) is 0.229. The van der Waals surface area contributed by atoms with E-state index in [4.69, 9.17) is 0 Å². The first-order valence-electron chi connectivity index (χ1n) is 27.0. The second-order valence-corrected chi connectivity index (χ2v) is 25.7. The minimum absolute atomic E-state index is 0.0904. The number of aromatic nitrogens is 4. The normalized spacial score (nSPS) is 15.5. The third kappa shape index (κ3) is 6.22. The summed E-state index contributed by atoms with van der Waals surface area (Å²) in [5.74, 6) is 2.24. The number of pyridine rings is 1. The van der Waals surface area contributed by atoms with E-state index in [9.17, 15) is 0 Å². The zero-order chi connectivity index (χ0) is 51.9. The van der Waals surface area contributed by atoms with Crippen LogP contribution in [0.1, 0.15) is 105 Å². The number of benzene rings is 8. The highest BCUT2D eigenvalue weighted by atomic mass is 15.8. The van der Waals surface area contributed by atoms with Gasteiger partial charge in [0.15, 0.2) is 22.9 Å². The molecule has 3 aromatic heterocycles. The first kappa shape index (κ1) is 45.7. The van der Waals surface area contributed by atoms with E-state index in [2.05, 4.69) is 284 Å². The first-order chi connectivity index (χ1) is 35.8. The van der Waals surface area contributed by atoms with Gasteiger partial charge in [-0.25, -0.2) is 0 Å². The zero-order valence-electron chi connectivity index (χ0n) is 45.6. The van der Waals surface area contributed by atoms with Crippen molar-refractivity contribution < 1.29 is 9.24 Å². The molecule has 14 rings (SSSR count). The molecule has 3 aliphatic heterocycles. The van der Waals surface area contributed by atoms with E-state index in [1.165, 1.54) is 111 Å². The largest absolute Gasteiger partial charge is 0.519 e. The van der Waals surface area contributed by atoms with Crippen LogP contribution in [0.3, 0.4) is 0 Å². The molecule has 0 radical (unpaired) electrons. The number of fused-ring (bicyclic) bond motifs is 12. The summed E-state index contributed by atoms with van der Waals surface area (Å²) in [5.41, 5.74) is 24.3. The van der Waals surface area contributed by atoms with E-state index >= 15 is 0 Å². The molecule has 75 heavy (non-hydrogen) atoms. The average molecular weight is 977 g/mol. The monoisotopic (exact) mass is 977 g/mol. The average Bonchev–Trinajstić information content (AvgIpc) is 4.01. The van der Waals surface area contributed by atoms with Gasteiger partial charge in [-0.3, -0.25) is 0 Å². The van der Waals surface area contributed by atoms with Crippen LogP contribution in [0.5, 0.6) is 0 Å². The zero-order valence-corrected chi connectivity index (χ0v) is 45.6. The SMILES string of the molecule is CC(C)(C)c1cc(-c2cccc(-c3cc(C(C)(C)C)cc(C(C)(C)C)c3)c2-n2c3[n+](c4ccccc42)-c2cccc4c2[N+]32c3c(ccc5c6ccccc6n(c35)-c3cccc[n+]32)-c2ccccc2-4)cc(C(C)(C)C)c1. The molecule has 0 fully saturated rings. The highest BCUT2D eigenvalue weighted by Gasteiger charge is 2.69. The van der Waals surface area contributed by atoms with Crippen LogP contribution in [0, 0.1) is 0 Å². The van der Waals surface area contributed by atoms with Crippen molar-refractivity contribution in [1.82, 2.24) is 13.7 Å². The molecule has 5 heteroatoms. The molecule has 5 nitrogen and oxygen atoms in total. The van der Waals surface area contributed by atoms with Crippen molar-refractivity contribution in [3.05, 3.63) is 204 Å². The summed E-state index contributed by atoms with van der Waals surface area (Å²) in [6, 6.07) is 68.0. The first-order valence-corrected chi connectivity index (χ1v) is 27.0. The van der Waals surface area contributed by atoms with Gasteiger partial charge >= 0.3 is 11.8 Å². The molecule has 1 spiro atoms. The number of hydrogen-bond donors (Lipinski definition) is 0. The van der Waals surface area contributed by atoms with Gasteiger partial charge in [0.05, 0.1) is 11.1 Å². The van der Waals surface area contributed by atoms with Crippen molar-refractivity contribution in [2.45, 2.75) is 105 Å². The molecule has 1 atom stereocenters. The third-order valence-corrected chi connectivity index (χ3v) is 16.9. The second-order valence-electron chi connectivity index (χ2n) is 25.7. The van der Waals surface area contributed by atoms with Crippen molar-refractivity contribution in [3.63, 3.8) is 0 Å². The number of hydrogen-bond acceptors (Lipinski definition) is 0. The minimum Gasteiger partial charge on any atom is -0.181 e. The predicted octanol–water partition coefficient (Wildman–Crippen LogP) is 17.5. The minimum atomic E-state index is -0.0904. The lowest BCUT2D eigenvalue weighted by molar-refractivity contribution is -0.786. The van der Waals surface area contributed by atoms with Crippen LogP contribution in [-0.4, -0.2) is 9.13 Å². The number of rotatable bonds is 3. The molecule has 0 saturated heterocycles. The topological polar surface area (TPSA) is 17.6 Å². The van der Waals surface area contributed by atoms with Gasteiger partial charge in [0.2, 0.25) is 22.6 Å². The maximum atomic E-state index is 2.71. The molecule has 6 heterocycles. The molecule has 11 aromatic rings. The number of imidazole rings is 1. The molecular formula is C70H66N5+3. The van der Waals surface area contributed by atoms with Crippen LogP contribution in [0.4, 0.5) is 17.3 Å². The Hall–Kier alpha value is -7.86. The standard InChI is InChI=1S/C70H66N5/c1-67(2,3)45-37-43(38-46(41-45)68(4,5)6)49-26-21-27-50(44-39-47(69(7,8)9)42-48(40-44)70(10,11)12)62(49)74-59-31-18-17-30-58(59)72-60-32-22-28-55-51-23-13-14-24-52(51)56-35-34-54-53-25-15-16-29-57(53)73-61-33-19-20-36-71(61)75(64(55)60,66(72)74)65(56)63(54)73/h13-42H,1-12H3/q+3. The molecule has 0 aliphatic carbocycles. The Kier molecular flexibility index (Phi) is 9.23. The van der Waals surface area contributed by atoms with E-state index in [1.807, 2.05) is 0 Å². The maximum Gasteiger partial charge on any atom is 0.519 e. The number of para-hydroxylation sites is 5. The van der Waals surface area contributed by atoms with E-state index in [-0.39, 0.29) is 21.7 Å². The van der Waals surface area contributed by atoms with Crippen LogP contribution in [0.2, 0.25) is 0 Å². The number of nitrogens with zero attached hydrogens (tertiary/aromatic N) is 5. The lowest BCUT2D eigenvalue weighted by Crippen LogP contribution is -2.69. The fourth-order valence-corrected chi connectivity index (χ4v) is 13.0. The van der Waals surface area contributed by atoms with Crippen LogP contribution in [0.25, 0.3) is 94.5 Å². The fourth-order valence-electron chi connectivity index (χ4n) is 13.0. The highest BCUT2D eigenvalue weighted by molar-refractivity contribution is 6.18. The molecule has 3 aliphatic rings. The van der Waals surface area contributed by atoms with Gasteiger partial charge in [0.25, 0.3) is 0 Å². The molecule has 0 saturated carbocycles. The summed E-state index contributed by atoms with van der Waals surface area (Å²) in [4.78, 5) is 0. The van der Waals surface area contributed by atoms with E-state index < -0.39 is 0 Å². The van der Waals surface area contributed by atoms with E-state index in [1.54, 1.807) is 0 Å². The van der Waals surface area contributed by atoms with Gasteiger partial charge in [0, 0.05) is 32.6 Å². The summed E-state index contributed by atoms with van der Waals surface area (Å²) in [6.07, 6.45) is 2.35. The van der Waals surface area contributed by atoms with Gasteiger partial charge < -0.3 is 0 Å². The molecule has 0 bridgehead atoms. The molecule has 0 N–H and O–H groups in total. The Morgan fingerprint density at radius 2 is 0.880 bits per heavy atom.